The fourth-order valence-corrected chi connectivity index (χ4v) is 3.45. The van der Waals surface area contributed by atoms with Crippen LogP contribution in [0.25, 0.3) is 0 Å². The fraction of sp³-hybridized carbons (Fsp3) is 0.462. The highest BCUT2D eigenvalue weighted by molar-refractivity contribution is 6.32. The summed E-state index contributed by atoms with van der Waals surface area (Å²) in [6.45, 7) is 10.0. The third-order valence-corrected chi connectivity index (χ3v) is 5.21. The molecule has 7 nitrogen and oxygen atoms in total. The summed E-state index contributed by atoms with van der Waals surface area (Å²) >= 11 is 6.28. The van der Waals surface area contributed by atoms with E-state index in [0.717, 1.165) is 13.5 Å². The molecule has 1 amide bonds. The van der Waals surface area contributed by atoms with Crippen LogP contribution in [0, 0.1) is 5.92 Å². The summed E-state index contributed by atoms with van der Waals surface area (Å²) in [4.78, 5) is 36.5. The fourth-order valence-electron chi connectivity index (χ4n) is 3.28. The van der Waals surface area contributed by atoms with Gasteiger partial charge in [0.15, 0.2) is 0 Å². The van der Waals surface area contributed by atoms with Crippen molar-refractivity contribution in [2.24, 2.45) is 10.9 Å². The SMILES string of the molecule is CCC.CCOC(=O)CN1C(=O)C(C(C)CC)N=C(c2ccccn2)c2cc(Cl)ccc21.CO. The Labute approximate surface area is 207 Å². The predicted molar refractivity (Wildman–Crippen MR) is 138 cm³/mol. The van der Waals surface area contributed by atoms with Crippen molar-refractivity contribution in [2.45, 2.75) is 53.5 Å². The molecule has 1 aromatic heterocycles. The van der Waals surface area contributed by atoms with Gasteiger partial charge >= 0.3 is 5.97 Å². The van der Waals surface area contributed by atoms with Gasteiger partial charge in [-0.2, -0.15) is 0 Å². The Morgan fingerprint density at radius 3 is 2.41 bits per heavy atom. The van der Waals surface area contributed by atoms with Crippen molar-refractivity contribution in [3.8, 4) is 0 Å². The highest BCUT2D eigenvalue weighted by Crippen LogP contribution is 2.32. The summed E-state index contributed by atoms with van der Waals surface area (Å²) < 4.78 is 5.10. The van der Waals surface area contributed by atoms with Gasteiger partial charge < -0.3 is 9.84 Å². The zero-order valence-corrected chi connectivity index (χ0v) is 21.7. The molecular formula is C26H36ClN3O4. The van der Waals surface area contributed by atoms with E-state index in [4.69, 9.17) is 26.4 Å². The van der Waals surface area contributed by atoms with Crippen molar-refractivity contribution >= 4 is 34.9 Å². The second kappa shape index (κ2) is 15.2. The maximum atomic E-state index is 13.5. The van der Waals surface area contributed by atoms with Gasteiger partial charge in [-0.3, -0.25) is 24.5 Å². The number of ether oxygens (including phenoxy) is 1. The summed E-state index contributed by atoms with van der Waals surface area (Å²) in [6, 6.07) is 10.1. The first-order valence-corrected chi connectivity index (χ1v) is 12.0. The molecule has 3 rings (SSSR count). The smallest absolute Gasteiger partial charge is 0.326 e. The molecule has 2 aromatic rings. The van der Waals surface area contributed by atoms with E-state index in [1.165, 1.54) is 11.3 Å². The molecule has 186 valence electrons. The molecule has 0 saturated carbocycles. The highest BCUT2D eigenvalue weighted by atomic mass is 35.5. The molecule has 0 bridgehead atoms. The lowest BCUT2D eigenvalue weighted by Gasteiger charge is -2.26. The standard InChI is InChI=1S/C22H24ClN3O3.C3H8.CH4O/c1-4-14(3)20-22(28)26(13-19(27)29-5-2)18-10-9-15(23)12-16(18)21(25-20)17-8-6-7-11-24-17;1-3-2;1-2/h6-12,14,20H,4-5,13H2,1-3H3;3H2,1-2H3;2H,1H3. The van der Waals surface area contributed by atoms with E-state index in [1.54, 1.807) is 31.3 Å². The third-order valence-electron chi connectivity index (χ3n) is 4.97. The van der Waals surface area contributed by atoms with Crippen molar-refractivity contribution < 1.29 is 19.4 Å². The lowest BCUT2D eigenvalue weighted by Crippen LogP contribution is -2.43. The van der Waals surface area contributed by atoms with Crippen LogP contribution in [0.1, 0.15) is 58.7 Å². The van der Waals surface area contributed by atoms with Crippen molar-refractivity contribution in [1.29, 1.82) is 0 Å². The normalized spacial score (nSPS) is 15.4. The van der Waals surface area contributed by atoms with Crippen molar-refractivity contribution in [3.05, 3.63) is 58.9 Å². The lowest BCUT2D eigenvalue weighted by molar-refractivity contribution is -0.142. The van der Waals surface area contributed by atoms with Gasteiger partial charge in [0.05, 0.1) is 23.7 Å². The minimum absolute atomic E-state index is 0.0179. The lowest BCUT2D eigenvalue weighted by atomic mass is 9.98. The number of aliphatic hydroxyl groups excluding tert-OH is 1. The van der Waals surface area contributed by atoms with Crippen LogP contribution in [-0.4, -0.2) is 54.0 Å². The number of amides is 1. The number of nitrogens with zero attached hydrogens (tertiary/aromatic N) is 3. The largest absolute Gasteiger partial charge is 0.465 e. The molecule has 2 unspecified atom stereocenters. The monoisotopic (exact) mass is 489 g/mol. The van der Waals surface area contributed by atoms with Gasteiger partial charge in [-0.15, -0.1) is 0 Å². The summed E-state index contributed by atoms with van der Waals surface area (Å²) in [6.07, 6.45) is 3.70. The number of aliphatic imine (C=N–C) groups is 1. The molecule has 1 aliphatic heterocycles. The number of hydrogen-bond acceptors (Lipinski definition) is 6. The number of benzodiazepines with no additional fused rings is 1. The Bertz CT molecular complexity index is 950. The van der Waals surface area contributed by atoms with E-state index in [9.17, 15) is 9.59 Å². The van der Waals surface area contributed by atoms with Gasteiger partial charge in [-0.1, -0.05) is 58.2 Å². The first-order chi connectivity index (χ1) is 16.4. The number of hydrogen-bond donors (Lipinski definition) is 1. The van der Waals surface area contributed by atoms with Gasteiger partial charge in [-0.25, -0.2) is 0 Å². The zero-order valence-electron chi connectivity index (χ0n) is 20.9. The number of carbonyl (C=O) groups is 2. The quantitative estimate of drug-likeness (QED) is 0.581. The number of rotatable bonds is 6. The Morgan fingerprint density at radius 2 is 1.85 bits per heavy atom. The molecule has 0 fully saturated rings. The van der Waals surface area contributed by atoms with Crippen LogP contribution in [-0.2, 0) is 14.3 Å². The number of halogens is 1. The van der Waals surface area contributed by atoms with Gasteiger partial charge in [0.25, 0.3) is 5.91 Å². The van der Waals surface area contributed by atoms with E-state index in [2.05, 4.69) is 18.8 Å². The molecule has 2 atom stereocenters. The van der Waals surface area contributed by atoms with Crippen LogP contribution in [0.15, 0.2) is 47.6 Å². The van der Waals surface area contributed by atoms with Crippen LogP contribution >= 0.6 is 11.6 Å². The van der Waals surface area contributed by atoms with E-state index < -0.39 is 12.0 Å². The average molecular weight is 490 g/mol. The summed E-state index contributed by atoms with van der Waals surface area (Å²) in [5.41, 5.74) is 2.48. The van der Waals surface area contributed by atoms with Gasteiger partial charge in [0.2, 0.25) is 0 Å². The maximum absolute atomic E-state index is 13.5. The maximum Gasteiger partial charge on any atom is 0.326 e. The van der Waals surface area contributed by atoms with Crippen molar-refractivity contribution in [2.75, 3.05) is 25.2 Å². The average Bonchev–Trinajstić information content (AvgIpc) is 2.96. The second-order valence-electron chi connectivity index (χ2n) is 7.62. The predicted octanol–water partition coefficient (Wildman–Crippen LogP) is 4.92. The molecule has 0 saturated heterocycles. The Morgan fingerprint density at radius 1 is 1.18 bits per heavy atom. The topological polar surface area (TPSA) is 92.1 Å². The molecule has 34 heavy (non-hydrogen) atoms. The summed E-state index contributed by atoms with van der Waals surface area (Å²) in [5.74, 6) is -0.719. The van der Waals surface area contributed by atoms with Gasteiger partial charge in [-0.05, 0) is 43.2 Å². The van der Waals surface area contributed by atoms with Crippen LogP contribution in [0.4, 0.5) is 5.69 Å². The summed E-state index contributed by atoms with van der Waals surface area (Å²) in [7, 11) is 1.00. The molecule has 1 aliphatic rings. The first-order valence-electron chi connectivity index (χ1n) is 11.6. The van der Waals surface area contributed by atoms with Crippen molar-refractivity contribution in [1.82, 2.24) is 4.98 Å². The number of anilines is 1. The second-order valence-corrected chi connectivity index (χ2v) is 8.06. The zero-order chi connectivity index (χ0) is 25.7. The number of aromatic nitrogens is 1. The molecule has 0 aliphatic carbocycles. The van der Waals surface area contributed by atoms with E-state index in [1.807, 2.05) is 32.0 Å². The van der Waals surface area contributed by atoms with Gasteiger partial charge in [0.1, 0.15) is 12.6 Å². The molecule has 0 radical (unpaired) electrons. The van der Waals surface area contributed by atoms with E-state index in [-0.39, 0.29) is 25.0 Å². The number of pyridine rings is 1. The minimum Gasteiger partial charge on any atom is -0.465 e. The molecule has 2 heterocycles. The minimum atomic E-state index is -0.641. The molecule has 1 aromatic carbocycles. The molecule has 0 spiro atoms. The number of carbonyl (C=O) groups excluding carboxylic acids is 2. The van der Waals surface area contributed by atoms with Crippen LogP contribution in [0.5, 0.6) is 0 Å². The van der Waals surface area contributed by atoms with Crippen LogP contribution in [0.3, 0.4) is 0 Å². The number of benzene rings is 1. The van der Waals surface area contributed by atoms with Gasteiger partial charge in [0, 0.05) is 23.9 Å². The number of aliphatic hydroxyl groups is 1. The highest BCUT2D eigenvalue weighted by Gasteiger charge is 2.36. The van der Waals surface area contributed by atoms with E-state index in [0.29, 0.717) is 27.7 Å². The van der Waals surface area contributed by atoms with Crippen LogP contribution < -0.4 is 4.90 Å². The number of esters is 1. The Balaban J connectivity index is 0.00000107. The molecule has 1 N–H and O–H groups in total. The Hall–Kier alpha value is -2.77. The third kappa shape index (κ3) is 7.64. The van der Waals surface area contributed by atoms with E-state index >= 15 is 0 Å². The molecular weight excluding hydrogens is 454 g/mol. The van der Waals surface area contributed by atoms with Crippen LogP contribution in [0.2, 0.25) is 5.02 Å². The molecule has 8 heteroatoms. The van der Waals surface area contributed by atoms with Crippen molar-refractivity contribution in [3.63, 3.8) is 0 Å². The summed E-state index contributed by atoms with van der Waals surface area (Å²) in [5, 5.41) is 7.51. The Kier molecular flexibility index (Phi) is 13.1. The first kappa shape index (κ1) is 29.3. The number of fused-ring (bicyclic) bond motifs is 1.